The Labute approximate surface area is 76.1 Å². The van der Waals surface area contributed by atoms with Gasteiger partial charge in [0.15, 0.2) is 0 Å². The predicted molar refractivity (Wildman–Crippen MR) is 47.2 cm³/mol. The summed E-state index contributed by atoms with van der Waals surface area (Å²) in [7, 11) is 0. The molecule has 0 bridgehead atoms. The second-order valence-electron chi connectivity index (χ2n) is 2.55. The van der Waals surface area contributed by atoms with Crippen molar-refractivity contribution in [2.75, 3.05) is 6.61 Å². The van der Waals surface area contributed by atoms with Crippen molar-refractivity contribution in [3.8, 4) is 5.75 Å². The van der Waals surface area contributed by atoms with E-state index in [2.05, 4.69) is 0 Å². The summed E-state index contributed by atoms with van der Waals surface area (Å²) >= 11 is 5.65. The molecule has 0 aliphatic heterocycles. The largest absolute Gasteiger partial charge is 0.492 e. The quantitative estimate of drug-likeness (QED) is 0.663. The first-order chi connectivity index (χ1) is 5.68. The van der Waals surface area contributed by atoms with Crippen LogP contribution < -0.4 is 4.74 Å². The summed E-state index contributed by atoms with van der Waals surface area (Å²) in [5, 5.41) is -0.0618. The summed E-state index contributed by atoms with van der Waals surface area (Å²) < 4.78 is 17.8. The van der Waals surface area contributed by atoms with E-state index >= 15 is 0 Å². The molecule has 1 unspecified atom stereocenters. The van der Waals surface area contributed by atoms with Gasteiger partial charge in [0.05, 0.1) is 5.38 Å². The van der Waals surface area contributed by atoms with Crippen LogP contribution in [0.25, 0.3) is 0 Å². The Bertz CT molecular complexity index is 250. The maximum atomic E-state index is 12.6. The van der Waals surface area contributed by atoms with Crippen LogP contribution in [0.4, 0.5) is 4.39 Å². The van der Waals surface area contributed by atoms with Gasteiger partial charge < -0.3 is 4.74 Å². The first-order valence-electron chi connectivity index (χ1n) is 3.71. The molecule has 0 aliphatic carbocycles. The standard InChI is InChI=1S/C9H10ClFO/c1-7(10)6-12-9-4-2-3-8(11)5-9/h2-5,7H,6H2,1H3. The monoisotopic (exact) mass is 188 g/mol. The molecule has 66 valence electrons. The molecule has 1 rings (SSSR count). The third kappa shape index (κ3) is 3.09. The summed E-state index contributed by atoms with van der Waals surface area (Å²) in [5.41, 5.74) is 0. The highest BCUT2D eigenvalue weighted by atomic mass is 35.5. The molecule has 0 amide bonds. The minimum absolute atomic E-state index is 0.0618. The highest BCUT2D eigenvalue weighted by Gasteiger charge is 1.98. The Kier molecular flexibility index (Phi) is 3.35. The van der Waals surface area contributed by atoms with Crippen LogP contribution in [0.1, 0.15) is 6.92 Å². The van der Waals surface area contributed by atoms with E-state index in [1.165, 1.54) is 12.1 Å². The van der Waals surface area contributed by atoms with Crippen molar-refractivity contribution in [1.82, 2.24) is 0 Å². The average Bonchev–Trinajstić information content (AvgIpc) is 2.01. The summed E-state index contributed by atoms with van der Waals surface area (Å²) in [4.78, 5) is 0. The van der Waals surface area contributed by atoms with Gasteiger partial charge >= 0.3 is 0 Å². The summed E-state index contributed by atoms with van der Waals surface area (Å²) in [5.74, 6) is 0.220. The molecular formula is C9H10ClFO. The number of alkyl halides is 1. The lowest BCUT2D eigenvalue weighted by Gasteiger charge is -2.06. The van der Waals surface area contributed by atoms with Crippen molar-refractivity contribution in [3.63, 3.8) is 0 Å². The lowest BCUT2D eigenvalue weighted by atomic mass is 10.3. The van der Waals surface area contributed by atoms with Gasteiger partial charge in [0, 0.05) is 6.07 Å². The van der Waals surface area contributed by atoms with E-state index < -0.39 is 0 Å². The molecule has 0 fully saturated rings. The fourth-order valence-corrected chi connectivity index (χ4v) is 0.831. The van der Waals surface area contributed by atoms with E-state index in [-0.39, 0.29) is 11.2 Å². The van der Waals surface area contributed by atoms with E-state index in [4.69, 9.17) is 16.3 Å². The topological polar surface area (TPSA) is 9.23 Å². The van der Waals surface area contributed by atoms with Gasteiger partial charge in [-0.1, -0.05) is 6.07 Å². The lowest BCUT2D eigenvalue weighted by molar-refractivity contribution is 0.318. The van der Waals surface area contributed by atoms with Gasteiger partial charge in [-0.25, -0.2) is 4.39 Å². The van der Waals surface area contributed by atoms with Crippen LogP contribution in [0.3, 0.4) is 0 Å². The first-order valence-corrected chi connectivity index (χ1v) is 4.14. The molecular weight excluding hydrogens is 179 g/mol. The van der Waals surface area contributed by atoms with Gasteiger partial charge in [-0.3, -0.25) is 0 Å². The number of benzene rings is 1. The third-order valence-corrected chi connectivity index (χ3v) is 1.40. The van der Waals surface area contributed by atoms with E-state index in [1.54, 1.807) is 12.1 Å². The maximum absolute atomic E-state index is 12.6. The zero-order valence-electron chi connectivity index (χ0n) is 6.76. The molecule has 1 aromatic carbocycles. The van der Waals surface area contributed by atoms with E-state index in [0.717, 1.165) is 0 Å². The van der Waals surface area contributed by atoms with Gasteiger partial charge in [0.25, 0.3) is 0 Å². The smallest absolute Gasteiger partial charge is 0.126 e. The average molecular weight is 189 g/mol. The number of hydrogen-bond acceptors (Lipinski definition) is 1. The Morgan fingerprint density at radius 2 is 2.33 bits per heavy atom. The van der Waals surface area contributed by atoms with Crippen LogP contribution in [-0.4, -0.2) is 12.0 Å². The van der Waals surface area contributed by atoms with Gasteiger partial charge in [-0.2, -0.15) is 0 Å². The van der Waals surface area contributed by atoms with Gasteiger partial charge in [-0.05, 0) is 19.1 Å². The Hall–Kier alpha value is -0.760. The van der Waals surface area contributed by atoms with Crippen LogP contribution in [0.15, 0.2) is 24.3 Å². The van der Waals surface area contributed by atoms with Crippen LogP contribution in [0, 0.1) is 5.82 Å². The molecule has 0 saturated heterocycles. The zero-order valence-corrected chi connectivity index (χ0v) is 7.51. The van der Waals surface area contributed by atoms with Crippen molar-refractivity contribution in [2.45, 2.75) is 12.3 Å². The molecule has 0 spiro atoms. The van der Waals surface area contributed by atoms with Crippen molar-refractivity contribution in [1.29, 1.82) is 0 Å². The summed E-state index contributed by atoms with van der Waals surface area (Å²) in [6.45, 7) is 2.21. The molecule has 0 radical (unpaired) electrons. The normalized spacial score (nSPS) is 12.6. The molecule has 3 heteroatoms. The molecule has 1 aromatic rings. The van der Waals surface area contributed by atoms with Crippen molar-refractivity contribution in [3.05, 3.63) is 30.1 Å². The zero-order chi connectivity index (χ0) is 8.97. The van der Waals surface area contributed by atoms with Crippen molar-refractivity contribution >= 4 is 11.6 Å². The molecule has 1 nitrogen and oxygen atoms in total. The molecule has 0 heterocycles. The first kappa shape index (κ1) is 9.33. The molecule has 0 N–H and O–H groups in total. The van der Waals surface area contributed by atoms with Crippen molar-refractivity contribution < 1.29 is 9.13 Å². The SMILES string of the molecule is CC(Cl)COc1cccc(F)c1. The summed E-state index contributed by atoms with van der Waals surface area (Å²) in [6.07, 6.45) is 0. The Balaban J connectivity index is 2.52. The van der Waals surface area contributed by atoms with E-state index in [9.17, 15) is 4.39 Å². The molecule has 12 heavy (non-hydrogen) atoms. The Morgan fingerprint density at radius 3 is 2.92 bits per heavy atom. The van der Waals surface area contributed by atoms with Crippen LogP contribution in [0.5, 0.6) is 5.75 Å². The highest BCUT2D eigenvalue weighted by molar-refractivity contribution is 6.20. The maximum Gasteiger partial charge on any atom is 0.126 e. The van der Waals surface area contributed by atoms with E-state index in [1.807, 2.05) is 6.92 Å². The molecule has 1 atom stereocenters. The number of halogens is 2. The number of hydrogen-bond donors (Lipinski definition) is 0. The second kappa shape index (κ2) is 4.31. The number of rotatable bonds is 3. The summed E-state index contributed by atoms with van der Waals surface area (Å²) in [6, 6.07) is 6.00. The molecule has 0 aromatic heterocycles. The van der Waals surface area contributed by atoms with Gasteiger partial charge in [-0.15, -0.1) is 11.6 Å². The predicted octanol–water partition coefficient (Wildman–Crippen LogP) is 2.83. The van der Waals surface area contributed by atoms with Gasteiger partial charge in [0.2, 0.25) is 0 Å². The van der Waals surface area contributed by atoms with Gasteiger partial charge in [0.1, 0.15) is 18.2 Å². The van der Waals surface area contributed by atoms with Crippen molar-refractivity contribution in [2.24, 2.45) is 0 Å². The molecule has 0 aliphatic rings. The second-order valence-corrected chi connectivity index (χ2v) is 3.29. The Morgan fingerprint density at radius 1 is 1.58 bits per heavy atom. The van der Waals surface area contributed by atoms with Crippen LogP contribution in [0.2, 0.25) is 0 Å². The van der Waals surface area contributed by atoms with Crippen LogP contribution in [-0.2, 0) is 0 Å². The fourth-order valence-electron chi connectivity index (χ4n) is 0.768. The lowest BCUT2D eigenvalue weighted by Crippen LogP contribution is -2.07. The fraction of sp³-hybridized carbons (Fsp3) is 0.333. The van der Waals surface area contributed by atoms with Crippen LogP contribution >= 0.6 is 11.6 Å². The highest BCUT2D eigenvalue weighted by Crippen LogP contribution is 2.12. The van der Waals surface area contributed by atoms with E-state index in [0.29, 0.717) is 12.4 Å². The number of ether oxygens (including phenoxy) is 1. The molecule has 0 saturated carbocycles. The minimum atomic E-state index is -0.297. The minimum Gasteiger partial charge on any atom is -0.492 e. The third-order valence-electron chi connectivity index (χ3n) is 1.28.